The fourth-order valence-electron chi connectivity index (χ4n) is 5.35. The number of aryl methyl sites for hydroxylation is 1. The van der Waals surface area contributed by atoms with Gasteiger partial charge < -0.3 is 24.9 Å². The minimum atomic E-state index is -4.67. The van der Waals surface area contributed by atoms with E-state index in [0.29, 0.717) is 23.6 Å². The second kappa shape index (κ2) is 9.09. The third kappa shape index (κ3) is 4.43. The number of rotatable bonds is 2. The Morgan fingerprint density at radius 2 is 1.86 bits per heavy atom. The van der Waals surface area contributed by atoms with Gasteiger partial charge in [0, 0.05) is 60.1 Å². The molecule has 1 amide bonds. The maximum absolute atomic E-state index is 13.3. The minimum absolute atomic E-state index is 0.0328. The van der Waals surface area contributed by atoms with Gasteiger partial charge in [0.05, 0.1) is 17.7 Å². The summed E-state index contributed by atoms with van der Waals surface area (Å²) in [6.45, 7) is 7.06. The summed E-state index contributed by atoms with van der Waals surface area (Å²) < 4.78 is 45.6. The zero-order valence-electron chi connectivity index (χ0n) is 21.0. The van der Waals surface area contributed by atoms with E-state index in [0.717, 1.165) is 54.0 Å². The number of nitrogen functional groups attached to an aromatic ring is 1. The molecule has 2 aromatic carbocycles. The van der Waals surface area contributed by atoms with Crippen LogP contribution in [-0.2, 0) is 19.1 Å². The number of piperazine rings is 1. The molecule has 2 N–H and O–H groups in total. The number of nitrogens with two attached hydrogens (primary N) is 1. The standard InChI is InChI=1S/C27H29F3N4O3/c1-15-13-33(11-10-32(15)3)23-7-5-19-18-8-9-34(14-20(18)26(36)37-24(19)16(23)2)25(35)17-4-6-22(31)21(12-17)27(28,29)30/h4-7,12,15H,8-11,13-14,31H2,1-3H3/t15-/m0/s1. The second-order valence-electron chi connectivity index (χ2n) is 9.99. The molecule has 10 heteroatoms. The SMILES string of the molecule is Cc1c(N2CCN(C)[C@@H](C)C2)ccc2c3c(c(=O)oc12)CN(C(=O)c1ccc(N)c(C(F)(F)F)c1)CC3. The Labute approximate surface area is 212 Å². The van der Waals surface area contributed by atoms with Gasteiger partial charge in [-0.1, -0.05) is 0 Å². The van der Waals surface area contributed by atoms with E-state index in [9.17, 15) is 22.8 Å². The molecule has 5 rings (SSSR count). The Hall–Kier alpha value is -3.53. The molecule has 3 heterocycles. The van der Waals surface area contributed by atoms with Gasteiger partial charge in [0.25, 0.3) is 5.91 Å². The highest BCUT2D eigenvalue weighted by atomic mass is 19.4. The molecule has 2 aliphatic rings. The number of hydrogen-bond donors (Lipinski definition) is 1. The number of amides is 1. The largest absolute Gasteiger partial charge is 0.422 e. The Morgan fingerprint density at radius 1 is 1.11 bits per heavy atom. The fourth-order valence-corrected chi connectivity index (χ4v) is 5.35. The summed E-state index contributed by atoms with van der Waals surface area (Å²) in [5, 5.41) is 0.831. The number of benzene rings is 2. The minimum Gasteiger partial charge on any atom is -0.422 e. The van der Waals surface area contributed by atoms with Crippen molar-refractivity contribution >= 4 is 28.3 Å². The van der Waals surface area contributed by atoms with Gasteiger partial charge in [0.1, 0.15) is 5.58 Å². The van der Waals surface area contributed by atoms with Crippen molar-refractivity contribution in [2.24, 2.45) is 0 Å². The molecule has 37 heavy (non-hydrogen) atoms. The zero-order valence-corrected chi connectivity index (χ0v) is 21.0. The number of carbonyl (C=O) groups excluding carboxylic acids is 1. The van der Waals surface area contributed by atoms with E-state index in [1.165, 1.54) is 11.0 Å². The molecule has 3 aromatic rings. The van der Waals surface area contributed by atoms with Crippen molar-refractivity contribution in [2.45, 2.75) is 39.0 Å². The molecule has 1 saturated heterocycles. The Bertz CT molecular complexity index is 1450. The number of nitrogens with zero attached hydrogens (tertiary/aromatic N) is 3. The van der Waals surface area contributed by atoms with Gasteiger partial charge in [-0.25, -0.2) is 4.79 Å². The van der Waals surface area contributed by atoms with Gasteiger partial charge in [-0.3, -0.25) is 4.79 Å². The molecule has 196 valence electrons. The van der Waals surface area contributed by atoms with Gasteiger partial charge >= 0.3 is 11.8 Å². The molecule has 0 unspecified atom stereocenters. The van der Waals surface area contributed by atoms with Crippen molar-refractivity contribution in [1.29, 1.82) is 0 Å². The molecule has 0 radical (unpaired) electrons. The average molecular weight is 515 g/mol. The van der Waals surface area contributed by atoms with Gasteiger partial charge in [0.15, 0.2) is 0 Å². The third-order valence-corrected chi connectivity index (χ3v) is 7.68. The number of fused-ring (bicyclic) bond motifs is 3. The van der Waals surface area contributed by atoms with Crippen LogP contribution in [0, 0.1) is 6.92 Å². The maximum Gasteiger partial charge on any atom is 0.418 e. The van der Waals surface area contributed by atoms with Gasteiger partial charge in [-0.05, 0) is 63.2 Å². The van der Waals surface area contributed by atoms with Crippen molar-refractivity contribution in [3.63, 3.8) is 0 Å². The molecule has 0 bridgehead atoms. The molecular formula is C27H29F3N4O3. The van der Waals surface area contributed by atoms with E-state index >= 15 is 0 Å². The van der Waals surface area contributed by atoms with Crippen molar-refractivity contribution in [1.82, 2.24) is 9.80 Å². The van der Waals surface area contributed by atoms with Crippen LogP contribution in [0.1, 0.15) is 39.5 Å². The van der Waals surface area contributed by atoms with Gasteiger partial charge in [-0.15, -0.1) is 0 Å². The fraction of sp³-hybridized carbons (Fsp3) is 0.407. The molecule has 7 nitrogen and oxygen atoms in total. The predicted octanol–water partition coefficient (Wildman–Crippen LogP) is 4.04. The molecule has 1 aromatic heterocycles. The second-order valence-corrected chi connectivity index (χ2v) is 9.99. The van der Waals surface area contributed by atoms with Crippen LogP contribution >= 0.6 is 0 Å². The van der Waals surface area contributed by atoms with Gasteiger partial charge in [-0.2, -0.15) is 13.2 Å². The summed E-state index contributed by atoms with van der Waals surface area (Å²) in [6.07, 6.45) is -4.28. The van der Waals surface area contributed by atoms with Crippen molar-refractivity contribution in [3.05, 3.63) is 68.6 Å². The first kappa shape index (κ1) is 25.1. The molecule has 1 atom stereocenters. The summed E-state index contributed by atoms with van der Waals surface area (Å²) in [6, 6.07) is 7.54. The number of likely N-dealkylation sites (N-methyl/N-ethyl adjacent to an activating group) is 1. The summed E-state index contributed by atoms with van der Waals surface area (Å²) in [7, 11) is 2.11. The number of anilines is 2. The lowest BCUT2D eigenvalue weighted by Gasteiger charge is -2.39. The lowest BCUT2D eigenvalue weighted by molar-refractivity contribution is -0.136. The molecule has 2 aliphatic heterocycles. The molecule has 0 aliphatic carbocycles. The molecule has 1 fully saturated rings. The number of carbonyl (C=O) groups is 1. The van der Waals surface area contributed by atoms with Crippen LogP contribution in [0.4, 0.5) is 24.5 Å². The van der Waals surface area contributed by atoms with Crippen LogP contribution < -0.4 is 16.3 Å². The summed E-state index contributed by atoms with van der Waals surface area (Å²) in [5.74, 6) is -0.591. The number of alkyl halides is 3. The Kier molecular flexibility index (Phi) is 6.18. The Morgan fingerprint density at radius 3 is 2.57 bits per heavy atom. The summed E-state index contributed by atoms with van der Waals surface area (Å²) in [4.78, 5) is 32.1. The van der Waals surface area contributed by atoms with Crippen LogP contribution in [0.5, 0.6) is 0 Å². The van der Waals surface area contributed by atoms with Crippen LogP contribution in [0.15, 0.2) is 39.5 Å². The predicted molar refractivity (Wildman–Crippen MR) is 136 cm³/mol. The first-order chi connectivity index (χ1) is 17.5. The highest BCUT2D eigenvalue weighted by Gasteiger charge is 2.35. The third-order valence-electron chi connectivity index (χ3n) is 7.68. The molecule has 0 spiro atoms. The van der Waals surface area contributed by atoms with Crippen molar-refractivity contribution < 1.29 is 22.4 Å². The first-order valence-electron chi connectivity index (χ1n) is 12.2. The van der Waals surface area contributed by atoms with E-state index in [-0.39, 0.29) is 18.7 Å². The lowest BCUT2D eigenvalue weighted by atomic mass is 9.95. The normalized spacial score (nSPS) is 18.8. The van der Waals surface area contributed by atoms with E-state index in [4.69, 9.17) is 10.2 Å². The molecule has 0 saturated carbocycles. The molecular weight excluding hydrogens is 485 g/mol. The number of hydrogen-bond acceptors (Lipinski definition) is 6. The highest BCUT2D eigenvalue weighted by Crippen LogP contribution is 2.36. The van der Waals surface area contributed by atoms with E-state index < -0.39 is 29.0 Å². The van der Waals surface area contributed by atoms with Crippen molar-refractivity contribution in [3.8, 4) is 0 Å². The van der Waals surface area contributed by atoms with Crippen LogP contribution in [0.3, 0.4) is 0 Å². The van der Waals surface area contributed by atoms with Crippen LogP contribution in [0.25, 0.3) is 11.0 Å². The topological polar surface area (TPSA) is 83.0 Å². The average Bonchev–Trinajstić information content (AvgIpc) is 2.85. The Balaban J connectivity index is 1.46. The van der Waals surface area contributed by atoms with Crippen molar-refractivity contribution in [2.75, 3.05) is 43.9 Å². The first-order valence-corrected chi connectivity index (χ1v) is 12.2. The van der Waals surface area contributed by atoms with E-state index in [2.05, 4.69) is 29.8 Å². The maximum atomic E-state index is 13.3. The van der Waals surface area contributed by atoms with E-state index in [1.807, 2.05) is 13.0 Å². The highest BCUT2D eigenvalue weighted by molar-refractivity contribution is 5.95. The van der Waals surface area contributed by atoms with E-state index in [1.54, 1.807) is 0 Å². The van der Waals surface area contributed by atoms with Crippen LogP contribution in [0.2, 0.25) is 0 Å². The van der Waals surface area contributed by atoms with Gasteiger partial charge in [0.2, 0.25) is 0 Å². The lowest BCUT2D eigenvalue weighted by Crippen LogP contribution is -2.50. The number of halogens is 3. The summed E-state index contributed by atoms with van der Waals surface area (Å²) in [5.41, 5.74) is 6.98. The quantitative estimate of drug-likeness (QED) is 0.411. The zero-order chi connectivity index (χ0) is 26.6. The summed E-state index contributed by atoms with van der Waals surface area (Å²) >= 11 is 0. The monoisotopic (exact) mass is 514 g/mol. The van der Waals surface area contributed by atoms with Crippen LogP contribution in [-0.4, -0.2) is 55.0 Å². The smallest absolute Gasteiger partial charge is 0.418 e.